The number of rotatable bonds is 4. The van der Waals surface area contributed by atoms with Crippen LogP contribution in [0.1, 0.15) is 21.5 Å². The zero-order valence-electron chi connectivity index (χ0n) is 10.6. The van der Waals surface area contributed by atoms with Crippen LogP contribution in [0.5, 0.6) is 0 Å². The van der Waals surface area contributed by atoms with Gasteiger partial charge in [0.2, 0.25) is 5.91 Å². The molecule has 0 atom stereocenters. The normalized spacial score (nSPS) is 10.2. The molecule has 98 valence electrons. The SMILES string of the molecule is Cc1ccc(CNc2cc(C(N)=O)ccc2F)cc1. The van der Waals surface area contributed by atoms with Gasteiger partial charge in [-0.2, -0.15) is 0 Å². The molecule has 0 aliphatic carbocycles. The summed E-state index contributed by atoms with van der Waals surface area (Å²) in [5.74, 6) is -0.976. The zero-order valence-corrected chi connectivity index (χ0v) is 10.6. The number of halogens is 1. The first-order valence-electron chi connectivity index (χ1n) is 5.95. The number of amides is 1. The smallest absolute Gasteiger partial charge is 0.248 e. The van der Waals surface area contributed by atoms with Gasteiger partial charge >= 0.3 is 0 Å². The van der Waals surface area contributed by atoms with Crippen LogP contribution in [0.4, 0.5) is 10.1 Å². The molecule has 2 aromatic carbocycles. The molecule has 0 saturated carbocycles. The Morgan fingerprint density at radius 3 is 2.53 bits per heavy atom. The van der Waals surface area contributed by atoms with Gasteiger partial charge in [0.05, 0.1) is 5.69 Å². The van der Waals surface area contributed by atoms with Gasteiger partial charge in [-0.05, 0) is 30.7 Å². The first-order chi connectivity index (χ1) is 9.06. The molecule has 0 saturated heterocycles. The van der Waals surface area contributed by atoms with Crippen LogP contribution in [0.15, 0.2) is 42.5 Å². The Morgan fingerprint density at radius 1 is 1.21 bits per heavy atom. The third kappa shape index (κ3) is 3.31. The number of carbonyl (C=O) groups is 1. The van der Waals surface area contributed by atoms with Crippen molar-refractivity contribution in [3.8, 4) is 0 Å². The highest BCUT2D eigenvalue weighted by Crippen LogP contribution is 2.17. The van der Waals surface area contributed by atoms with E-state index in [-0.39, 0.29) is 11.3 Å². The van der Waals surface area contributed by atoms with Crippen LogP contribution < -0.4 is 11.1 Å². The highest BCUT2D eigenvalue weighted by molar-refractivity contribution is 5.93. The molecular formula is C15H15FN2O. The van der Waals surface area contributed by atoms with Gasteiger partial charge in [0.25, 0.3) is 0 Å². The number of anilines is 1. The Hall–Kier alpha value is -2.36. The number of primary amides is 1. The molecule has 0 aromatic heterocycles. The van der Waals surface area contributed by atoms with E-state index in [2.05, 4.69) is 5.32 Å². The highest BCUT2D eigenvalue weighted by atomic mass is 19.1. The first kappa shape index (κ1) is 13.1. The van der Waals surface area contributed by atoms with E-state index in [4.69, 9.17) is 5.73 Å². The van der Waals surface area contributed by atoms with Crippen molar-refractivity contribution in [2.75, 3.05) is 5.32 Å². The number of hydrogen-bond donors (Lipinski definition) is 2. The third-order valence-corrected chi connectivity index (χ3v) is 2.85. The van der Waals surface area contributed by atoms with E-state index in [0.29, 0.717) is 6.54 Å². The number of aryl methyl sites for hydroxylation is 1. The van der Waals surface area contributed by atoms with Gasteiger partial charge in [-0.3, -0.25) is 4.79 Å². The number of hydrogen-bond acceptors (Lipinski definition) is 2. The van der Waals surface area contributed by atoms with Crippen molar-refractivity contribution in [2.45, 2.75) is 13.5 Å². The lowest BCUT2D eigenvalue weighted by Crippen LogP contribution is -2.12. The molecule has 3 N–H and O–H groups in total. The fraction of sp³-hybridized carbons (Fsp3) is 0.133. The van der Waals surface area contributed by atoms with E-state index in [1.807, 2.05) is 31.2 Å². The lowest BCUT2D eigenvalue weighted by molar-refractivity contribution is 0.100. The largest absolute Gasteiger partial charge is 0.379 e. The van der Waals surface area contributed by atoms with Gasteiger partial charge in [0.15, 0.2) is 0 Å². The predicted molar refractivity (Wildman–Crippen MR) is 73.4 cm³/mol. The number of nitrogens with two attached hydrogens (primary N) is 1. The zero-order chi connectivity index (χ0) is 13.8. The van der Waals surface area contributed by atoms with E-state index in [1.54, 1.807) is 0 Å². The Bertz CT molecular complexity index is 594. The Labute approximate surface area is 111 Å². The van der Waals surface area contributed by atoms with Crippen molar-refractivity contribution in [1.29, 1.82) is 0 Å². The van der Waals surface area contributed by atoms with Gasteiger partial charge in [0, 0.05) is 12.1 Å². The number of benzene rings is 2. The van der Waals surface area contributed by atoms with E-state index in [9.17, 15) is 9.18 Å². The second kappa shape index (κ2) is 5.52. The van der Waals surface area contributed by atoms with Crippen molar-refractivity contribution in [3.05, 3.63) is 65.0 Å². The number of nitrogens with one attached hydrogen (secondary N) is 1. The second-order valence-electron chi connectivity index (χ2n) is 4.40. The molecule has 0 heterocycles. The molecule has 0 aliphatic rings. The highest BCUT2D eigenvalue weighted by Gasteiger charge is 2.06. The molecular weight excluding hydrogens is 243 g/mol. The summed E-state index contributed by atoms with van der Waals surface area (Å²) in [6, 6.07) is 12.0. The van der Waals surface area contributed by atoms with Gasteiger partial charge in [-0.25, -0.2) is 4.39 Å². The summed E-state index contributed by atoms with van der Waals surface area (Å²) in [5, 5.41) is 2.96. The maximum Gasteiger partial charge on any atom is 0.248 e. The van der Waals surface area contributed by atoms with Gasteiger partial charge in [-0.15, -0.1) is 0 Å². The summed E-state index contributed by atoms with van der Waals surface area (Å²) in [5.41, 5.74) is 7.94. The lowest BCUT2D eigenvalue weighted by atomic mass is 10.1. The maximum absolute atomic E-state index is 13.6. The van der Waals surface area contributed by atoms with Crippen molar-refractivity contribution in [1.82, 2.24) is 0 Å². The monoisotopic (exact) mass is 258 g/mol. The van der Waals surface area contributed by atoms with Gasteiger partial charge in [-0.1, -0.05) is 29.8 Å². The number of carbonyl (C=O) groups excluding carboxylic acids is 1. The van der Waals surface area contributed by atoms with Crippen LogP contribution in [0.2, 0.25) is 0 Å². The van der Waals surface area contributed by atoms with E-state index in [1.165, 1.54) is 23.8 Å². The summed E-state index contributed by atoms with van der Waals surface area (Å²) in [6.45, 7) is 2.49. The molecule has 1 amide bonds. The van der Waals surface area contributed by atoms with Crippen molar-refractivity contribution >= 4 is 11.6 Å². The Kier molecular flexibility index (Phi) is 3.80. The summed E-state index contributed by atoms with van der Waals surface area (Å²) in [6.07, 6.45) is 0. The van der Waals surface area contributed by atoms with Crippen LogP contribution >= 0.6 is 0 Å². The van der Waals surface area contributed by atoms with Gasteiger partial charge < -0.3 is 11.1 Å². The maximum atomic E-state index is 13.6. The molecule has 0 bridgehead atoms. The fourth-order valence-corrected chi connectivity index (χ4v) is 1.72. The molecule has 0 radical (unpaired) electrons. The Morgan fingerprint density at radius 2 is 1.89 bits per heavy atom. The van der Waals surface area contributed by atoms with Crippen molar-refractivity contribution in [3.63, 3.8) is 0 Å². The fourth-order valence-electron chi connectivity index (χ4n) is 1.72. The average Bonchev–Trinajstić information content (AvgIpc) is 2.39. The molecule has 19 heavy (non-hydrogen) atoms. The topological polar surface area (TPSA) is 55.1 Å². The van der Waals surface area contributed by atoms with Crippen LogP contribution in [-0.4, -0.2) is 5.91 Å². The van der Waals surface area contributed by atoms with E-state index >= 15 is 0 Å². The van der Waals surface area contributed by atoms with Gasteiger partial charge in [0.1, 0.15) is 5.82 Å². The van der Waals surface area contributed by atoms with Crippen LogP contribution in [0.25, 0.3) is 0 Å². The third-order valence-electron chi connectivity index (χ3n) is 2.85. The second-order valence-corrected chi connectivity index (χ2v) is 4.40. The summed E-state index contributed by atoms with van der Waals surface area (Å²) in [7, 11) is 0. The van der Waals surface area contributed by atoms with Crippen LogP contribution in [0.3, 0.4) is 0 Å². The molecule has 0 unspecified atom stereocenters. The van der Waals surface area contributed by atoms with E-state index in [0.717, 1.165) is 5.56 Å². The minimum absolute atomic E-state index is 0.275. The predicted octanol–water partition coefficient (Wildman–Crippen LogP) is 2.85. The lowest BCUT2D eigenvalue weighted by Gasteiger charge is -2.09. The van der Waals surface area contributed by atoms with Crippen LogP contribution in [-0.2, 0) is 6.54 Å². The molecule has 0 spiro atoms. The van der Waals surface area contributed by atoms with Crippen LogP contribution in [0, 0.1) is 12.7 Å². The van der Waals surface area contributed by atoms with Crippen molar-refractivity contribution in [2.24, 2.45) is 5.73 Å². The summed E-state index contributed by atoms with van der Waals surface area (Å²) >= 11 is 0. The summed E-state index contributed by atoms with van der Waals surface area (Å²) < 4.78 is 13.6. The molecule has 4 heteroatoms. The average molecular weight is 258 g/mol. The standard InChI is InChI=1S/C15H15FN2O/c1-10-2-4-11(5-3-10)9-18-14-8-12(15(17)19)6-7-13(14)16/h2-8,18H,9H2,1H3,(H2,17,19). The molecule has 0 fully saturated rings. The quantitative estimate of drug-likeness (QED) is 0.886. The van der Waals surface area contributed by atoms with Crippen molar-refractivity contribution < 1.29 is 9.18 Å². The Balaban J connectivity index is 2.12. The molecule has 2 aromatic rings. The van der Waals surface area contributed by atoms with E-state index < -0.39 is 11.7 Å². The molecule has 3 nitrogen and oxygen atoms in total. The summed E-state index contributed by atoms with van der Waals surface area (Å²) in [4.78, 5) is 11.0. The minimum atomic E-state index is -0.571. The minimum Gasteiger partial charge on any atom is -0.379 e. The molecule has 0 aliphatic heterocycles. The first-order valence-corrected chi connectivity index (χ1v) is 5.95. The molecule has 2 rings (SSSR count).